The molecule has 0 spiro atoms. The van der Waals surface area contributed by atoms with Crippen LogP contribution in [0.3, 0.4) is 0 Å². The van der Waals surface area contributed by atoms with E-state index in [1.807, 2.05) is 0 Å². The van der Waals surface area contributed by atoms with Crippen LogP contribution in [-0.4, -0.2) is 14.7 Å². The van der Waals surface area contributed by atoms with Gasteiger partial charge in [0, 0.05) is 11.1 Å². The minimum absolute atomic E-state index is 0.0855. The molecule has 0 radical (unpaired) electrons. The van der Waals surface area contributed by atoms with Crippen LogP contribution >= 0.6 is 11.6 Å². The molecule has 0 bridgehead atoms. The van der Waals surface area contributed by atoms with Crippen LogP contribution in [0.5, 0.6) is 5.75 Å². The first-order valence-electron chi connectivity index (χ1n) is 6.54. The predicted octanol–water partition coefficient (Wildman–Crippen LogP) is 3.45. The van der Waals surface area contributed by atoms with Crippen molar-refractivity contribution in [2.75, 3.05) is 6.26 Å². The number of hydrogen-bond donors (Lipinski definition) is 0. The summed E-state index contributed by atoms with van der Waals surface area (Å²) in [6, 6.07) is 11.1. The minimum atomic E-state index is -3.64. The Kier molecular flexibility index (Phi) is 3.87. The zero-order chi connectivity index (χ0) is 16.6. The third-order valence-electron chi connectivity index (χ3n) is 3.15. The van der Waals surface area contributed by atoms with Crippen molar-refractivity contribution in [1.29, 1.82) is 0 Å². The fraction of sp³-hybridized carbons (Fsp3) is 0.0625. The zero-order valence-electron chi connectivity index (χ0n) is 11.9. The maximum absolute atomic E-state index is 12.6. The first kappa shape index (κ1) is 15.6. The highest BCUT2D eigenvalue weighted by Gasteiger charge is 2.11. The Morgan fingerprint density at radius 3 is 2.43 bits per heavy atom. The Bertz CT molecular complexity index is 1040. The van der Waals surface area contributed by atoms with E-state index in [0.717, 1.165) is 6.26 Å². The maximum atomic E-state index is 12.6. The smallest absolute Gasteiger partial charge is 0.306 e. The summed E-state index contributed by atoms with van der Waals surface area (Å²) in [7, 11) is -3.64. The second kappa shape index (κ2) is 5.72. The van der Waals surface area contributed by atoms with Gasteiger partial charge in [-0.1, -0.05) is 23.7 Å². The average molecular weight is 351 g/mol. The number of fused-ring (bicyclic) bond motifs is 1. The van der Waals surface area contributed by atoms with E-state index in [1.54, 1.807) is 24.3 Å². The Morgan fingerprint density at radius 2 is 1.78 bits per heavy atom. The largest absolute Gasteiger partial charge is 0.463 e. The zero-order valence-corrected chi connectivity index (χ0v) is 13.5. The molecule has 118 valence electrons. The summed E-state index contributed by atoms with van der Waals surface area (Å²) in [5, 5.41) is 0.903. The lowest BCUT2D eigenvalue weighted by Gasteiger charge is -2.05. The van der Waals surface area contributed by atoms with Crippen LogP contribution in [0.4, 0.5) is 0 Å². The first-order chi connectivity index (χ1) is 10.8. The number of hydrogen-bond acceptors (Lipinski definition) is 5. The van der Waals surface area contributed by atoms with Crippen molar-refractivity contribution < 1.29 is 17.0 Å². The summed E-state index contributed by atoms with van der Waals surface area (Å²) in [6.07, 6.45) is 2.27. The molecule has 0 amide bonds. The van der Waals surface area contributed by atoms with E-state index in [2.05, 4.69) is 0 Å². The molecule has 3 rings (SSSR count). The fourth-order valence-electron chi connectivity index (χ4n) is 2.16. The molecule has 0 unspecified atom stereocenters. The lowest BCUT2D eigenvalue weighted by Crippen LogP contribution is -2.07. The third-order valence-corrected chi connectivity index (χ3v) is 3.90. The van der Waals surface area contributed by atoms with Crippen molar-refractivity contribution in [3.8, 4) is 16.9 Å². The standard InChI is InChI=1S/C16H11ClO5S/c1-23(19,20)22-12-6-7-13-15(8-12)21-9-14(16(13)18)10-2-4-11(17)5-3-10/h2-9H,1H3. The van der Waals surface area contributed by atoms with E-state index in [-0.39, 0.29) is 16.8 Å². The molecule has 0 saturated carbocycles. The van der Waals surface area contributed by atoms with Crippen molar-refractivity contribution in [2.24, 2.45) is 0 Å². The van der Waals surface area contributed by atoms with Crippen molar-refractivity contribution in [1.82, 2.24) is 0 Å². The van der Waals surface area contributed by atoms with E-state index in [0.29, 0.717) is 21.5 Å². The van der Waals surface area contributed by atoms with Crippen molar-refractivity contribution >= 4 is 32.7 Å². The normalized spacial score (nSPS) is 11.6. The van der Waals surface area contributed by atoms with Crippen molar-refractivity contribution in [3.63, 3.8) is 0 Å². The fourth-order valence-corrected chi connectivity index (χ4v) is 2.74. The SMILES string of the molecule is CS(=O)(=O)Oc1ccc2c(=O)c(-c3ccc(Cl)cc3)coc2c1. The van der Waals surface area contributed by atoms with Gasteiger partial charge in [0.05, 0.1) is 17.2 Å². The summed E-state index contributed by atoms with van der Waals surface area (Å²) in [5.41, 5.74) is 1.10. The van der Waals surface area contributed by atoms with Crippen LogP contribution in [0.15, 0.2) is 57.9 Å². The molecule has 7 heteroatoms. The highest BCUT2D eigenvalue weighted by molar-refractivity contribution is 7.86. The van der Waals surface area contributed by atoms with Crippen LogP contribution in [0.25, 0.3) is 22.1 Å². The van der Waals surface area contributed by atoms with Gasteiger partial charge in [-0.2, -0.15) is 8.42 Å². The molecule has 0 N–H and O–H groups in total. The van der Waals surface area contributed by atoms with Crippen LogP contribution in [0.2, 0.25) is 5.02 Å². The molecule has 2 aromatic carbocycles. The van der Waals surface area contributed by atoms with Crippen molar-refractivity contribution in [3.05, 3.63) is 64.0 Å². The molecular weight excluding hydrogens is 340 g/mol. The first-order valence-corrected chi connectivity index (χ1v) is 8.74. The van der Waals surface area contributed by atoms with Crippen molar-refractivity contribution in [2.45, 2.75) is 0 Å². The summed E-state index contributed by atoms with van der Waals surface area (Å²) in [5.74, 6) is 0.0855. The van der Waals surface area contributed by atoms with Gasteiger partial charge in [0.1, 0.15) is 17.6 Å². The van der Waals surface area contributed by atoms with Crippen LogP contribution in [-0.2, 0) is 10.1 Å². The van der Waals surface area contributed by atoms with Crippen LogP contribution in [0, 0.1) is 0 Å². The van der Waals surface area contributed by atoms with Crippen LogP contribution in [0.1, 0.15) is 0 Å². The molecule has 1 aromatic heterocycles. The van der Waals surface area contributed by atoms with Gasteiger partial charge in [0.25, 0.3) is 0 Å². The number of halogens is 1. The molecule has 0 aliphatic heterocycles. The maximum Gasteiger partial charge on any atom is 0.306 e. The van der Waals surface area contributed by atoms with Gasteiger partial charge in [0.15, 0.2) is 5.43 Å². The second-order valence-corrected chi connectivity index (χ2v) is 6.94. The molecule has 1 heterocycles. The highest BCUT2D eigenvalue weighted by atomic mass is 35.5. The molecule has 0 saturated heterocycles. The lowest BCUT2D eigenvalue weighted by atomic mass is 10.1. The molecule has 0 aliphatic rings. The molecule has 3 aromatic rings. The van der Waals surface area contributed by atoms with E-state index >= 15 is 0 Å². The topological polar surface area (TPSA) is 73.6 Å². The van der Waals surface area contributed by atoms with Gasteiger partial charge in [-0.05, 0) is 29.8 Å². The predicted molar refractivity (Wildman–Crippen MR) is 88.4 cm³/mol. The quantitative estimate of drug-likeness (QED) is 0.676. The van der Waals surface area contributed by atoms with E-state index in [1.165, 1.54) is 24.5 Å². The molecule has 0 fully saturated rings. The summed E-state index contributed by atoms with van der Waals surface area (Å²) >= 11 is 5.84. The lowest BCUT2D eigenvalue weighted by molar-refractivity contribution is 0.492. The van der Waals surface area contributed by atoms with Gasteiger partial charge in [-0.15, -0.1) is 0 Å². The summed E-state index contributed by atoms with van der Waals surface area (Å²) < 4.78 is 32.5. The van der Waals surface area contributed by atoms with E-state index in [9.17, 15) is 13.2 Å². The molecule has 5 nitrogen and oxygen atoms in total. The monoisotopic (exact) mass is 350 g/mol. The molecule has 0 atom stereocenters. The second-order valence-electron chi connectivity index (χ2n) is 4.93. The number of benzene rings is 2. The minimum Gasteiger partial charge on any atom is -0.463 e. The Hall–Kier alpha value is -2.31. The molecule has 0 aliphatic carbocycles. The van der Waals surface area contributed by atoms with Gasteiger partial charge in [-0.3, -0.25) is 4.79 Å². The Balaban J connectivity index is 2.11. The van der Waals surface area contributed by atoms with E-state index in [4.69, 9.17) is 20.2 Å². The Morgan fingerprint density at radius 1 is 1.09 bits per heavy atom. The highest BCUT2D eigenvalue weighted by Crippen LogP contribution is 2.24. The van der Waals surface area contributed by atoms with Gasteiger partial charge < -0.3 is 8.60 Å². The van der Waals surface area contributed by atoms with Crippen LogP contribution < -0.4 is 9.61 Å². The summed E-state index contributed by atoms with van der Waals surface area (Å²) in [6.45, 7) is 0. The average Bonchev–Trinajstić information content (AvgIpc) is 2.47. The third kappa shape index (κ3) is 3.38. The van der Waals surface area contributed by atoms with E-state index < -0.39 is 10.1 Å². The molecule has 23 heavy (non-hydrogen) atoms. The van der Waals surface area contributed by atoms with Gasteiger partial charge in [-0.25, -0.2) is 0 Å². The van der Waals surface area contributed by atoms with Gasteiger partial charge in [0.2, 0.25) is 0 Å². The number of rotatable bonds is 3. The van der Waals surface area contributed by atoms with Gasteiger partial charge >= 0.3 is 10.1 Å². The Labute approximate surface area is 137 Å². The molecular formula is C16H11ClO5S. The summed E-state index contributed by atoms with van der Waals surface area (Å²) in [4.78, 5) is 12.6.